The molecule has 1 aromatic heterocycles. The van der Waals surface area contributed by atoms with Crippen molar-refractivity contribution in [2.24, 2.45) is 0 Å². The monoisotopic (exact) mass is 240 g/mol. The Labute approximate surface area is 84.5 Å². The highest BCUT2D eigenvalue weighted by Gasteiger charge is 2.05. The summed E-state index contributed by atoms with van der Waals surface area (Å²) < 4.78 is 7.84. The average molecular weight is 241 g/mol. The second-order valence-corrected chi connectivity index (χ2v) is 3.42. The highest BCUT2D eigenvalue weighted by Crippen LogP contribution is 2.19. The van der Waals surface area contributed by atoms with Crippen molar-refractivity contribution < 1.29 is 4.74 Å². The minimum absolute atomic E-state index is 0.515. The summed E-state index contributed by atoms with van der Waals surface area (Å²) in [5.41, 5.74) is 2.06. The van der Waals surface area contributed by atoms with Crippen molar-refractivity contribution >= 4 is 27.0 Å². The van der Waals surface area contributed by atoms with E-state index in [1.54, 1.807) is 7.11 Å². The van der Waals surface area contributed by atoms with E-state index in [4.69, 9.17) is 4.74 Å². The number of hydrogen-bond acceptors (Lipinski definition) is 2. The summed E-state index contributed by atoms with van der Waals surface area (Å²) in [4.78, 5) is 4.33. The number of rotatable bonds is 2. The molecule has 0 spiro atoms. The first-order chi connectivity index (χ1) is 6.33. The first-order valence-corrected chi connectivity index (χ1v) is 4.72. The number of aromatic nitrogens is 2. The third kappa shape index (κ3) is 1.47. The third-order valence-electron chi connectivity index (χ3n) is 1.87. The Morgan fingerprint density at radius 1 is 1.46 bits per heavy atom. The minimum atomic E-state index is 0.515. The molecule has 0 amide bonds. The fraction of sp³-hybridized carbons (Fsp3) is 0.222. The molecular weight excluding hydrogens is 232 g/mol. The van der Waals surface area contributed by atoms with Gasteiger partial charge in [0.2, 0.25) is 0 Å². The lowest BCUT2D eigenvalue weighted by Crippen LogP contribution is -1.99. The Morgan fingerprint density at radius 2 is 2.23 bits per heavy atom. The molecule has 0 unspecified atom stereocenters. The van der Waals surface area contributed by atoms with Gasteiger partial charge in [-0.3, -0.25) is 4.57 Å². The van der Waals surface area contributed by atoms with Gasteiger partial charge in [0.25, 0.3) is 0 Å². The average Bonchev–Trinajstić information content (AvgIpc) is 2.44. The van der Waals surface area contributed by atoms with Gasteiger partial charge in [0, 0.05) is 7.11 Å². The second-order valence-electron chi connectivity index (χ2n) is 2.72. The van der Waals surface area contributed by atoms with E-state index in [2.05, 4.69) is 20.9 Å². The smallest absolute Gasteiger partial charge is 0.180 e. The highest BCUT2D eigenvalue weighted by atomic mass is 79.9. The van der Waals surface area contributed by atoms with Crippen LogP contribution in [0.1, 0.15) is 0 Å². The van der Waals surface area contributed by atoms with Gasteiger partial charge in [-0.15, -0.1) is 0 Å². The van der Waals surface area contributed by atoms with Gasteiger partial charge in [0.15, 0.2) is 4.73 Å². The largest absolute Gasteiger partial charge is 0.364 e. The van der Waals surface area contributed by atoms with Crippen molar-refractivity contribution in [3.8, 4) is 0 Å². The van der Waals surface area contributed by atoms with Crippen LogP contribution in [-0.4, -0.2) is 16.7 Å². The van der Waals surface area contributed by atoms with E-state index in [1.807, 2.05) is 28.8 Å². The summed E-state index contributed by atoms with van der Waals surface area (Å²) in [6.07, 6.45) is 0. The van der Waals surface area contributed by atoms with E-state index in [1.165, 1.54) is 0 Å². The van der Waals surface area contributed by atoms with Crippen LogP contribution in [-0.2, 0) is 11.5 Å². The van der Waals surface area contributed by atoms with Gasteiger partial charge in [-0.05, 0) is 28.1 Å². The molecular formula is C9H9BrN2O. The van der Waals surface area contributed by atoms with Crippen LogP contribution in [0.25, 0.3) is 11.0 Å². The maximum absolute atomic E-state index is 5.07. The lowest BCUT2D eigenvalue weighted by Gasteiger charge is -2.02. The van der Waals surface area contributed by atoms with Crippen molar-refractivity contribution in [1.29, 1.82) is 0 Å². The summed E-state index contributed by atoms with van der Waals surface area (Å²) in [7, 11) is 1.67. The molecule has 0 aliphatic heterocycles. The lowest BCUT2D eigenvalue weighted by molar-refractivity contribution is 0.132. The van der Waals surface area contributed by atoms with Crippen LogP contribution in [0.3, 0.4) is 0 Å². The zero-order chi connectivity index (χ0) is 9.26. The Kier molecular flexibility index (Phi) is 2.33. The van der Waals surface area contributed by atoms with E-state index in [0.29, 0.717) is 6.73 Å². The SMILES string of the molecule is COCn1c(Br)nc2ccccc21. The molecule has 3 nitrogen and oxygen atoms in total. The number of benzene rings is 1. The Morgan fingerprint density at radius 3 is 3.00 bits per heavy atom. The fourth-order valence-corrected chi connectivity index (χ4v) is 1.78. The van der Waals surface area contributed by atoms with Crippen molar-refractivity contribution in [1.82, 2.24) is 9.55 Å². The van der Waals surface area contributed by atoms with E-state index in [-0.39, 0.29) is 0 Å². The van der Waals surface area contributed by atoms with Crippen molar-refractivity contribution in [2.75, 3.05) is 7.11 Å². The number of ether oxygens (including phenoxy) is 1. The standard InChI is InChI=1S/C9H9BrN2O/c1-13-6-12-8-5-3-2-4-7(8)11-9(12)10/h2-5H,6H2,1H3. The normalized spacial score (nSPS) is 10.9. The molecule has 0 radical (unpaired) electrons. The number of methoxy groups -OCH3 is 1. The lowest BCUT2D eigenvalue weighted by atomic mass is 10.3. The summed E-state index contributed by atoms with van der Waals surface area (Å²) >= 11 is 3.38. The molecule has 13 heavy (non-hydrogen) atoms. The van der Waals surface area contributed by atoms with Crippen molar-refractivity contribution in [2.45, 2.75) is 6.73 Å². The quantitative estimate of drug-likeness (QED) is 0.807. The number of halogens is 1. The van der Waals surface area contributed by atoms with Crippen molar-refractivity contribution in [3.05, 3.63) is 29.0 Å². The van der Waals surface area contributed by atoms with Gasteiger partial charge in [-0.1, -0.05) is 12.1 Å². The molecule has 0 fully saturated rings. The summed E-state index contributed by atoms with van der Waals surface area (Å²) in [6.45, 7) is 0.515. The maximum Gasteiger partial charge on any atom is 0.180 e. The van der Waals surface area contributed by atoms with E-state index in [9.17, 15) is 0 Å². The molecule has 0 aliphatic carbocycles. The number of fused-ring (bicyclic) bond motifs is 1. The van der Waals surface area contributed by atoms with E-state index >= 15 is 0 Å². The molecule has 0 bridgehead atoms. The fourth-order valence-electron chi connectivity index (χ4n) is 1.30. The van der Waals surface area contributed by atoms with Crippen molar-refractivity contribution in [3.63, 3.8) is 0 Å². The highest BCUT2D eigenvalue weighted by molar-refractivity contribution is 9.10. The first kappa shape index (κ1) is 8.72. The third-order valence-corrected chi connectivity index (χ3v) is 2.47. The Hall–Kier alpha value is -0.870. The molecule has 0 saturated carbocycles. The second kappa shape index (κ2) is 3.47. The Balaban J connectivity index is 2.64. The van der Waals surface area contributed by atoms with Gasteiger partial charge in [0.1, 0.15) is 6.73 Å². The van der Waals surface area contributed by atoms with Gasteiger partial charge < -0.3 is 4.74 Å². The molecule has 2 rings (SSSR count). The summed E-state index contributed by atoms with van der Waals surface area (Å²) in [6, 6.07) is 7.96. The number of hydrogen-bond donors (Lipinski definition) is 0. The molecule has 0 saturated heterocycles. The van der Waals surface area contributed by atoms with E-state index in [0.717, 1.165) is 15.8 Å². The van der Waals surface area contributed by atoms with Gasteiger partial charge in [0.05, 0.1) is 11.0 Å². The van der Waals surface area contributed by atoms with Crippen LogP contribution in [0.15, 0.2) is 29.0 Å². The number of imidazole rings is 1. The number of nitrogens with zero attached hydrogens (tertiary/aromatic N) is 2. The molecule has 1 heterocycles. The zero-order valence-electron chi connectivity index (χ0n) is 7.20. The molecule has 2 aromatic rings. The summed E-state index contributed by atoms with van der Waals surface area (Å²) in [5, 5.41) is 0. The summed E-state index contributed by atoms with van der Waals surface area (Å²) in [5.74, 6) is 0. The molecule has 1 aromatic carbocycles. The Bertz CT molecular complexity index is 424. The zero-order valence-corrected chi connectivity index (χ0v) is 8.78. The predicted octanol–water partition coefficient (Wildman–Crippen LogP) is 2.40. The maximum atomic E-state index is 5.07. The van der Waals surface area contributed by atoms with Crippen LogP contribution in [0.5, 0.6) is 0 Å². The molecule has 0 N–H and O–H groups in total. The first-order valence-electron chi connectivity index (χ1n) is 3.92. The van der Waals surface area contributed by atoms with Crippen LogP contribution in [0.4, 0.5) is 0 Å². The van der Waals surface area contributed by atoms with Gasteiger partial charge >= 0.3 is 0 Å². The number of para-hydroxylation sites is 2. The molecule has 0 aliphatic rings. The topological polar surface area (TPSA) is 27.1 Å². The van der Waals surface area contributed by atoms with E-state index < -0.39 is 0 Å². The van der Waals surface area contributed by atoms with Crippen LogP contribution in [0, 0.1) is 0 Å². The van der Waals surface area contributed by atoms with Crippen LogP contribution >= 0.6 is 15.9 Å². The molecule has 4 heteroatoms. The molecule has 68 valence electrons. The minimum Gasteiger partial charge on any atom is -0.364 e. The van der Waals surface area contributed by atoms with Gasteiger partial charge in [-0.25, -0.2) is 4.98 Å². The molecule has 0 atom stereocenters. The van der Waals surface area contributed by atoms with Crippen LogP contribution < -0.4 is 0 Å². The van der Waals surface area contributed by atoms with Crippen LogP contribution in [0.2, 0.25) is 0 Å². The predicted molar refractivity (Wildman–Crippen MR) is 54.4 cm³/mol. The van der Waals surface area contributed by atoms with Gasteiger partial charge in [-0.2, -0.15) is 0 Å².